The molecule has 0 bridgehead atoms. The summed E-state index contributed by atoms with van der Waals surface area (Å²) in [6, 6.07) is 0. The van der Waals surface area contributed by atoms with Gasteiger partial charge in [-0.1, -0.05) is 101 Å². The first-order valence-corrected chi connectivity index (χ1v) is 17.0. The maximum Gasteiger partial charge on any atom is 0.372 e. The summed E-state index contributed by atoms with van der Waals surface area (Å²) in [5.41, 5.74) is 0. The Balaban J connectivity index is 0. The van der Waals surface area contributed by atoms with Gasteiger partial charge >= 0.3 is 8.03 Å². The summed E-state index contributed by atoms with van der Waals surface area (Å²) in [7, 11) is 1.02. The standard InChI is InChI=1S/C24H46O3.C7H17NO4P/c1-2-3-4-5-6-7-8-9-10-11-12-13-14-15-16-17-18-19-20-21-23(26)24(27)22-25;1-6(13(11)12)8(2,3)5-4-7(9)10/h12-13,24-25,27H,2-11,14-22H2,1H3;6-7,9-10H,4-5H2,1-3H3/q;+1/b13-12-;. The number of carbonyl (C=O) groups is 1. The molecule has 0 saturated heterocycles. The van der Waals surface area contributed by atoms with Crippen LogP contribution < -0.4 is 4.89 Å². The van der Waals surface area contributed by atoms with Gasteiger partial charge in [0.15, 0.2) is 12.1 Å². The number of hydrogen-bond acceptors (Lipinski definition) is 7. The summed E-state index contributed by atoms with van der Waals surface area (Å²) in [6.45, 7) is 3.85. The first-order chi connectivity index (χ1) is 19.0. The molecule has 0 aromatic carbocycles. The molecule has 0 saturated carbocycles. The molecule has 8 nitrogen and oxygen atoms in total. The number of Topliss-reactive ketones (excluding diaryl/α,β-unsaturated/α-hetero) is 1. The van der Waals surface area contributed by atoms with Crippen LogP contribution in [-0.4, -0.2) is 76.1 Å². The van der Waals surface area contributed by atoms with Crippen molar-refractivity contribution in [1.82, 2.24) is 0 Å². The van der Waals surface area contributed by atoms with Crippen molar-refractivity contribution in [2.24, 2.45) is 0 Å². The number of hydrogen-bond donors (Lipinski definition) is 4. The van der Waals surface area contributed by atoms with Crippen molar-refractivity contribution in [3.63, 3.8) is 0 Å². The van der Waals surface area contributed by atoms with Gasteiger partial charge in [0, 0.05) is 19.8 Å². The van der Waals surface area contributed by atoms with Crippen molar-refractivity contribution in [2.45, 2.75) is 154 Å². The summed E-state index contributed by atoms with van der Waals surface area (Å²) in [5, 5.41) is 35.1. The van der Waals surface area contributed by atoms with Gasteiger partial charge in [0.2, 0.25) is 0 Å². The van der Waals surface area contributed by atoms with E-state index in [1.807, 2.05) is 0 Å². The molecule has 0 aromatic heterocycles. The van der Waals surface area contributed by atoms with E-state index in [9.17, 15) is 19.4 Å². The first-order valence-electron chi connectivity index (χ1n) is 15.8. The van der Waals surface area contributed by atoms with Gasteiger partial charge in [0.05, 0.1) is 27.2 Å². The molecule has 40 heavy (non-hydrogen) atoms. The Hall–Kier alpha value is -0.730. The maximum absolute atomic E-state index is 11.3. The second-order valence-corrected chi connectivity index (χ2v) is 12.9. The Morgan fingerprint density at radius 2 is 1.23 bits per heavy atom. The van der Waals surface area contributed by atoms with Crippen molar-refractivity contribution in [3.8, 4) is 0 Å². The Morgan fingerprint density at radius 1 is 0.800 bits per heavy atom. The minimum atomic E-state index is -2.47. The molecule has 0 radical (unpaired) electrons. The highest BCUT2D eigenvalue weighted by molar-refractivity contribution is 7.37. The van der Waals surface area contributed by atoms with E-state index in [0.717, 1.165) is 19.3 Å². The third-order valence-corrected chi connectivity index (χ3v) is 8.75. The third-order valence-electron chi connectivity index (χ3n) is 7.51. The molecule has 238 valence electrons. The van der Waals surface area contributed by atoms with Crippen LogP contribution in [0.3, 0.4) is 0 Å². The topological polar surface area (TPSA) is 138 Å². The van der Waals surface area contributed by atoms with E-state index < -0.39 is 32.8 Å². The highest BCUT2D eigenvalue weighted by atomic mass is 31.1. The Kier molecular flexibility index (Phi) is 29.4. The third kappa shape index (κ3) is 27.4. The molecule has 4 N–H and O–H groups in total. The van der Waals surface area contributed by atoms with Crippen molar-refractivity contribution in [1.29, 1.82) is 0 Å². The second-order valence-electron chi connectivity index (χ2n) is 11.6. The highest BCUT2D eigenvalue weighted by Gasteiger charge is 2.33. The predicted molar refractivity (Wildman–Crippen MR) is 163 cm³/mol. The van der Waals surface area contributed by atoms with Gasteiger partial charge in [-0.25, -0.2) is 0 Å². The van der Waals surface area contributed by atoms with E-state index >= 15 is 0 Å². The molecule has 0 spiro atoms. The number of aliphatic hydroxyl groups is 4. The number of quaternary nitrogens is 1. The number of ketones is 1. The zero-order chi connectivity index (χ0) is 30.7. The number of nitrogens with zero attached hydrogens (tertiary/aromatic N) is 1. The fraction of sp³-hybridized carbons (Fsp3) is 0.903. The molecule has 0 aliphatic carbocycles. The second kappa shape index (κ2) is 28.4. The molecule has 0 heterocycles. The number of unbranched alkanes of at least 4 members (excludes halogenated alkanes) is 15. The zero-order valence-electron chi connectivity index (χ0n) is 26.1. The number of allylic oxidation sites excluding steroid dienone is 2. The molecule has 0 fully saturated rings. The van der Waals surface area contributed by atoms with Gasteiger partial charge in [-0.15, -0.1) is 0 Å². The lowest BCUT2D eigenvalue weighted by molar-refractivity contribution is -0.901. The minimum Gasteiger partial charge on any atom is -0.591 e. The molecule has 0 aliphatic rings. The molecule has 0 rings (SSSR count). The van der Waals surface area contributed by atoms with E-state index in [-0.39, 0.29) is 16.7 Å². The molecule has 0 aliphatic heterocycles. The SMILES string of the molecule is CC([P+](=O)[O-])[N+](C)(C)CCC(O)O.CCCCCCCCCCC/C=C\CCCCCCCCC(=O)C(O)CO. The smallest absolute Gasteiger partial charge is 0.372 e. The molecular formula is C31H63NO7P+. The molecule has 0 amide bonds. The summed E-state index contributed by atoms with van der Waals surface area (Å²) < 4.78 is 10.9. The fourth-order valence-corrected chi connectivity index (χ4v) is 4.86. The summed E-state index contributed by atoms with van der Waals surface area (Å²) in [5.74, 6) is -0.733. The van der Waals surface area contributed by atoms with Crippen LogP contribution in [0.4, 0.5) is 0 Å². The van der Waals surface area contributed by atoms with Gasteiger partial charge < -0.3 is 25.3 Å². The molecule has 3 unspecified atom stereocenters. The summed E-state index contributed by atoms with van der Waals surface area (Å²) in [4.78, 5) is 22.0. The normalized spacial score (nSPS) is 13.8. The van der Waals surface area contributed by atoms with E-state index in [4.69, 9.17) is 15.3 Å². The summed E-state index contributed by atoms with van der Waals surface area (Å²) >= 11 is 0. The number of rotatable bonds is 26. The quantitative estimate of drug-likeness (QED) is 0.0331. The number of carbonyl (C=O) groups excluding carboxylic acids is 1. The van der Waals surface area contributed by atoms with E-state index in [1.165, 1.54) is 89.9 Å². The van der Waals surface area contributed by atoms with Gasteiger partial charge in [-0.3, -0.25) is 9.28 Å². The zero-order valence-corrected chi connectivity index (χ0v) is 27.0. The van der Waals surface area contributed by atoms with Crippen molar-refractivity contribution >= 4 is 13.8 Å². The average molecular weight is 593 g/mol. The fourth-order valence-electron chi connectivity index (χ4n) is 4.24. The molecule has 9 heteroatoms. The van der Waals surface area contributed by atoms with E-state index in [2.05, 4.69) is 19.1 Å². The maximum atomic E-state index is 11.3. The Labute approximate surface area is 246 Å². The van der Waals surface area contributed by atoms with E-state index in [1.54, 1.807) is 21.0 Å². The van der Waals surface area contributed by atoms with Crippen LogP contribution in [0, 0.1) is 0 Å². The minimum absolute atomic E-state index is 0.181. The monoisotopic (exact) mass is 592 g/mol. The van der Waals surface area contributed by atoms with Gasteiger partial charge in [-0.05, 0) is 32.1 Å². The Bertz CT molecular complexity index is 629. The van der Waals surface area contributed by atoms with Crippen LogP contribution >= 0.6 is 8.03 Å². The van der Waals surface area contributed by atoms with E-state index in [0.29, 0.717) is 13.0 Å². The van der Waals surface area contributed by atoms with Crippen molar-refractivity contribution < 1.29 is 39.2 Å². The van der Waals surface area contributed by atoms with Crippen LogP contribution in [0.5, 0.6) is 0 Å². The van der Waals surface area contributed by atoms with Crippen LogP contribution in [0.2, 0.25) is 0 Å². The average Bonchev–Trinajstić information content (AvgIpc) is 2.92. The lowest BCUT2D eigenvalue weighted by Gasteiger charge is -2.30. The van der Waals surface area contributed by atoms with Crippen molar-refractivity contribution in [3.05, 3.63) is 12.2 Å². The largest absolute Gasteiger partial charge is 0.591 e. The van der Waals surface area contributed by atoms with Crippen LogP contribution in [-0.2, 0) is 9.36 Å². The van der Waals surface area contributed by atoms with Gasteiger partial charge in [0.1, 0.15) is 6.10 Å². The van der Waals surface area contributed by atoms with Crippen LogP contribution in [0.1, 0.15) is 136 Å². The molecule has 0 aromatic rings. The molecule has 3 atom stereocenters. The first kappa shape index (κ1) is 41.4. The lowest BCUT2D eigenvalue weighted by Crippen LogP contribution is -2.48. The predicted octanol–water partition coefficient (Wildman–Crippen LogP) is 5.72. The molecular weight excluding hydrogens is 529 g/mol. The Morgan fingerprint density at radius 3 is 1.62 bits per heavy atom. The highest BCUT2D eigenvalue weighted by Crippen LogP contribution is 2.25. The number of aliphatic hydroxyl groups excluding tert-OH is 3. The van der Waals surface area contributed by atoms with Crippen molar-refractivity contribution in [2.75, 3.05) is 27.2 Å². The lowest BCUT2D eigenvalue weighted by atomic mass is 10.0. The van der Waals surface area contributed by atoms with Crippen LogP contribution in [0.15, 0.2) is 12.2 Å². The van der Waals surface area contributed by atoms with Gasteiger partial charge in [-0.2, -0.15) is 0 Å². The van der Waals surface area contributed by atoms with Gasteiger partial charge in [0.25, 0.3) is 5.78 Å². The summed E-state index contributed by atoms with van der Waals surface area (Å²) in [6.07, 6.45) is 24.5. The van der Waals surface area contributed by atoms with Crippen LogP contribution in [0.25, 0.3) is 0 Å².